The minimum absolute atomic E-state index is 0.239. The summed E-state index contributed by atoms with van der Waals surface area (Å²) in [5.41, 5.74) is 6.29. The van der Waals surface area contributed by atoms with Crippen LogP contribution in [0.25, 0.3) is 0 Å². The van der Waals surface area contributed by atoms with Gasteiger partial charge in [0.05, 0.1) is 17.8 Å². The number of rotatable bonds is 3. The first-order valence-electron chi connectivity index (χ1n) is 5.60. The molecule has 1 aliphatic rings. The molecular formula is C12H18N2O2. The van der Waals surface area contributed by atoms with Crippen molar-refractivity contribution in [1.29, 1.82) is 0 Å². The largest absolute Gasteiger partial charge is 0.506 e. The quantitative estimate of drug-likeness (QED) is 0.675. The number of benzene rings is 1. The van der Waals surface area contributed by atoms with E-state index in [9.17, 15) is 5.11 Å². The molecule has 0 spiro atoms. The number of hydrogen-bond acceptors (Lipinski definition) is 4. The summed E-state index contributed by atoms with van der Waals surface area (Å²) in [4.78, 5) is 0. The van der Waals surface area contributed by atoms with Gasteiger partial charge in [-0.25, -0.2) is 0 Å². The molecule has 1 aromatic rings. The van der Waals surface area contributed by atoms with Gasteiger partial charge in [-0.3, -0.25) is 0 Å². The summed E-state index contributed by atoms with van der Waals surface area (Å²) in [5.74, 6) is 0.251. The molecule has 1 heterocycles. The molecule has 0 aromatic heterocycles. The number of anilines is 1. The fourth-order valence-corrected chi connectivity index (χ4v) is 2.03. The van der Waals surface area contributed by atoms with E-state index in [0.717, 1.165) is 25.1 Å². The van der Waals surface area contributed by atoms with Gasteiger partial charge >= 0.3 is 0 Å². The van der Waals surface area contributed by atoms with Crippen LogP contribution in [0.1, 0.15) is 12.8 Å². The van der Waals surface area contributed by atoms with E-state index in [-0.39, 0.29) is 11.3 Å². The monoisotopic (exact) mass is 222 g/mol. The smallest absolute Gasteiger partial charge is 0.138 e. The predicted molar refractivity (Wildman–Crippen MR) is 63.6 cm³/mol. The van der Waals surface area contributed by atoms with Crippen LogP contribution in [0.5, 0.6) is 5.75 Å². The summed E-state index contributed by atoms with van der Waals surface area (Å²) in [6.07, 6.45) is 1.97. The molecule has 1 atom stereocenters. The first-order chi connectivity index (χ1) is 7.76. The molecule has 0 bridgehead atoms. The van der Waals surface area contributed by atoms with E-state index in [2.05, 4.69) is 5.32 Å². The highest BCUT2D eigenvalue weighted by molar-refractivity contribution is 5.57. The van der Waals surface area contributed by atoms with Crippen molar-refractivity contribution in [2.24, 2.45) is 5.73 Å². The van der Waals surface area contributed by atoms with Gasteiger partial charge in [-0.05, 0) is 25.0 Å². The highest BCUT2D eigenvalue weighted by Gasteiger charge is 2.31. The number of phenolic OH excluding ortho intramolecular Hbond substituents is 1. The van der Waals surface area contributed by atoms with E-state index in [4.69, 9.17) is 10.5 Å². The minimum Gasteiger partial charge on any atom is -0.506 e. The summed E-state index contributed by atoms with van der Waals surface area (Å²) in [7, 11) is 0. The van der Waals surface area contributed by atoms with E-state index in [1.165, 1.54) is 0 Å². The molecule has 4 nitrogen and oxygen atoms in total. The van der Waals surface area contributed by atoms with Crippen LogP contribution in [-0.2, 0) is 4.74 Å². The number of para-hydroxylation sites is 2. The van der Waals surface area contributed by atoms with Crippen molar-refractivity contribution in [2.45, 2.75) is 18.4 Å². The molecule has 16 heavy (non-hydrogen) atoms. The molecular weight excluding hydrogens is 204 g/mol. The third-order valence-electron chi connectivity index (χ3n) is 3.02. The van der Waals surface area contributed by atoms with Gasteiger partial charge in [0.15, 0.2) is 0 Å². The summed E-state index contributed by atoms with van der Waals surface area (Å²) >= 11 is 0. The molecule has 0 radical (unpaired) electrons. The fraction of sp³-hybridized carbons (Fsp3) is 0.500. The Bertz CT molecular complexity index is 349. The summed E-state index contributed by atoms with van der Waals surface area (Å²) < 4.78 is 5.46. The van der Waals surface area contributed by atoms with Gasteiger partial charge in [0.2, 0.25) is 0 Å². The van der Waals surface area contributed by atoms with E-state index < -0.39 is 0 Å². The molecule has 1 aliphatic heterocycles. The summed E-state index contributed by atoms with van der Waals surface area (Å²) in [6.45, 7) is 1.89. The lowest BCUT2D eigenvalue weighted by atomic mass is 9.92. The number of phenols is 1. The summed E-state index contributed by atoms with van der Waals surface area (Å²) in [6, 6.07) is 7.19. The van der Waals surface area contributed by atoms with E-state index in [0.29, 0.717) is 13.2 Å². The molecule has 4 heteroatoms. The van der Waals surface area contributed by atoms with Crippen LogP contribution >= 0.6 is 0 Å². The van der Waals surface area contributed by atoms with Crippen LogP contribution in [0.3, 0.4) is 0 Å². The maximum atomic E-state index is 9.71. The number of nitrogens with two attached hydrogens (primary N) is 1. The van der Waals surface area contributed by atoms with Crippen molar-refractivity contribution in [3.63, 3.8) is 0 Å². The maximum Gasteiger partial charge on any atom is 0.138 e. The van der Waals surface area contributed by atoms with Gasteiger partial charge in [-0.1, -0.05) is 12.1 Å². The molecule has 2 rings (SSSR count). The maximum absolute atomic E-state index is 9.71. The van der Waals surface area contributed by atoms with Gasteiger partial charge in [0, 0.05) is 13.2 Å². The van der Waals surface area contributed by atoms with Gasteiger partial charge in [-0.2, -0.15) is 0 Å². The highest BCUT2D eigenvalue weighted by atomic mass is 16.5. The van der Waals surface area contributed by atoms with Gasteiger partial charge in [-0.15, -0.1) is 0 Å². The van der Waals surface area contributed by atoms with Crippen molar-refractivity contribution < 1.29 is 9.84 Å². The molecule has 1 unspecified atom stereocenters. The molecule has 1 saturated heterocycles. The predicted octanol–water partition coefficient (Wildman–Crippen LogP) is 1.31. The highest BCUT2D eigenvalue weighted by Crippen LogP contribution is 2.29. The van der Waals surface area contributed by atoms with Crippen molar-refractivity contribution in [2.75, 3.05) is 25.1 Å². The molecule has 0 aliphatic carbocycles. The van der Waals surface area contributed by atoms with Crippen LogP contribution in [0.15, 0.2) is 24.3 Å². The minimum atomic E-state index is -0.239. The average molecular weight is 222 g/mol. The lowest BCUT2D eigenvalue weighted by molar-refractivity contribution is 0.0502. The normalized spacial score (nSPS) is 25.3. The van der Waals surface area contributed by atoms with Crippen LogP contribution in [-0.4, -0.2) is 30.4 Å². The molecule has 0 amide bonds. The van der Waals surface area contributed by atoms with Crippen molar-refractivity contribution in [1.82, 2.24) is 0 Å². The van der Waals surface area contributed by atoms with E-state index in [1.54, 1.807) is 12.1 Å². The summed E-state index contributed by atoms with van der Waals surface area (Å²) in [5, 5.41) is 13.0. The van der Waals surface area contributed by atoms with Crippen LogP contribution in [0.2, 0.25) is 0 Å². The molecule has 88 valence electrons. The Labute approximate surface area is 95.4 Å². The number of nitrogens with one attached hydrogen (secondary N) is 1. The SMILES string of the molecule is NCC1(Nc2ccccc2O)CCCOC1. The standard InChI is InChI=1S/C12H18N2O2/c13-8-12(6-3-7-16-9-12)14-10-4-1-2-5-11(10)15/h1-2,4-5,14-15H,3,6-9,13H2. The number of hydrogen-bond donors (Lipinski definition) is 3. The molecule has 4 N–H and O–H groups in total. The Kier molecular flexibility index (Phi) is 3.31. The molecule has 1 aromatic carbocycles. The lowest BCUT2D eigenvalue weighted by Gasteiger charge is -2.37. The van der Waals surface area contributed by atoms with Crippen LogP contribution in [0, 0.1) is 0 Å². The zero-order valence-corrected chi connectivity index (χ0v) is 9.28. The molecule has 1 fully saturated rings. The Morgan fingerprint density at radius 2 is 2.25 bits per heavy atom. The zero-order chi connectivity index (χ0) is 11.4. The Balaban J connectivity index is 2.15. The van der Waals surface area contributed by atoms with E-state index in [1.807, 2.05) is 12.1 Å². The lowest BCUT2D eigenvalue weighted by Crippen LogP contribution is -2.51. The van der Waals surface area contributed by atoms with Crippen molar-refractivity contribution >= 4 is 5.69 Å². The van der Waals surface area contributed by atoms with Gasteiger partial charge in [0.25, 0.3) is 0 Å². The third-order valence-corrected chi connectivity index (χ3v) is 3.02. The van der Waals surface area contributed by atoms with Crippen molar-refractivity contribution in [3.8, 4) is 5.75 Å². The van der Waals surface area contributed by atoms with Crippen LogP contribution < -0.4 is 11.1 Å². The first-order valence-corrected chi connectivity index (χ1v) is 5.60. The second-order valence-corrected chi connectivity index (χ2v) is 4.28. The average Bonchev–Trinajstić information content (AvgIpc) is 2.33. The van der Waals surface area contributed by atoms with Crippen molar-refractivity contribution in [3.05, 3.63) is 24.3 Å². The van der Waals surface area contributed by atoms with Crippen LogP contribution in [0.4, 0.5) is 5.69 Å². The number of aromatic hydroxyl groups is 1. The second kappa shape index (κ2) is 4.72. The Morgan fingerprint density at radius 1 is 1.44 bits per heavy atom. The zero-order valence-electron chi connectivity index (χ0n) is 9.28. The fourth-order valence-electron chi connectivity index (χ4n) is 2.03. The first kappa shape index (κ1) is 11.2. The van der Waals surface area contributed by atoms with E-state index >= 15 is 0 Å². The van der Waals surface area contributed by atoms with Gasteiger partial charge in [0.1, 0.15) is 5.75 Å². The topological polar surface area (TPSA) is 67.5 Å². The Morgan fingerprint density at radius 3 is 2.88 bits per heavy atom. The van der Waals surface area contributed by atoms with Gasteiger partial charge < -0.3 is 20.9 Å². The molecule has 0 saturated carbocycles. The number of ether oxygens (including phenoxy) is 1. The third kappa shape index (κ3) is 2.28. The second-order valence-electron chi connectivity index (χ2n) is 4.28. The Hall–Kier alpha value is -1.26.